The van der Waals surface area contributed by atoms with Gasteiger partial charge < -0.3 is 9.47 Å². The normalized spacial score (nSPS) is 16.9. The average molecular weight is 299 g/mol. The van der Waals surface area contributed by atoms with E-state index >= 15 is 0 Å². The van der Waals surface area contributed by atoms with Crippen LogP contribution in [0.1, 0.15) is 17.3 Å². The van der Waals surface area contributed by atoms with Gasteiger partial charge in [0.1, 0.15) is 0 Å². The minimum Gasteiger partial charge on any atom is -0.462 e. The molecule has 0 aromatic heterocycles. The van der Waals surface area contributed by atoms with Crippen molar-refractivity contribution in [3.05, 3.63) is 29.8 Å². The summed E-state index contributed by atoms with van der Waals surface area (Å²) in [5, 5.41) is 0. The van der Waals surface area contributed by atoms with Crippen LogP contribution in [0.25, 0.3) is 0 Å². The molecule has 7 heteroatoms. The summed E-state index contributed by atoms with van der Waals surface area (Å²) in [6, 6.07) is 5.78. The van der Waals surface area contributed by atoms with Gasteiger partial charge in [0.2, 0.25) is 10.0 Å². The van der Waals surface area contributed by atoms with Crippen molar-refractivity contribution in [3.63, 3.8) is 0 Å². The summed E-state index contributed by atoms with van der Waals surface area (Å²) in [6.07, 6.45) is 0. The first-order valence-corrected chi connectivity index (χ1v) is 7.85. The summed E-state index contributed by atoms with van der Waals surface area (Å²) < 4.78 is 36.1. The number of carbonyl (C=O) groups is 1. The third-order valence-electron chi connectivity index (χ3n) is 2.97. The molecule has 0 amide bonds. The molecule has 1 aliphatic heterocycles. The summed E-state index contributed by atoms with van der Waals surface area (Å²) in [5.74, 6) is -0.456. The zero-order chi connectivity index (χ0) is 14.6. The number of esters is 1. The Hall–Kier alpha value is -1.44. The van der Waals surface area contributed by atoms with E-state index in [-0.39, 0.29) is 11.5 Å². The van der Waals surface area contributed by atoms with E-state index in [0.717, 1.165) is 0 Å². The predicted octanol–water partition coefficient (Wildman–Crippen LogP) is 0.884. The molecule has 1 aliphatic rings. The molecule has 0 bridgehead atoms. The van der Waals surface area contributed by atoms with Gasteiger partial charge in [-0.1, -0.05) is 0 Å². The van der Waals surface area contributed by atoms with Gasteiger partial charge in [-0.3, -0.25) is 0 Å². The van der Waals surface area contributed by atoms with Gasteiger partial charge in [-0.05, 0) is 31.2 Å². The van der Waals surface area contributed by atoms with E-state index in [0.29, 0.717) is 31.9 Å². The van der Waals surface area contributed by atoms with Crippen molar-refractivity contribution in [3.8, 4) is 0 Å². The van der Waals surface area contributed by atoms with Crippen LogP contribution in [-0.4, -0.2) is 51.6 Å². The second-order valence-electron chi connectivity index (χ2n) is 4.26. The number of hydrogen-bond acceptors (Lipinski definition) is 5. The van der Waals surface area contributed by atoms with Gasteiger partial charge in [0.05, 0.1) is 30.3 Å². The molecule has 0 radical (unpaired) electrons. The molecule has 0 aliphatic carbocycles. The third-order valence-corrected chi connectivity index (χ3v) is 4.89. The quantitative estimate of drug-likeness (QED) is 0.772. The molecule has 0 spiro atoms. The molecule has 1 saturated heterocycles. The fourth-order valence-corrected chi connectivity index (χ4v) is 3.32. The average Bonchev–Trinajstić information content (AvgIpc) is 2.48. The predicted molar refractivity (Wildman–Crippen MR) is 72.0 cm³/mol. The molecule has 1 fully saturated rings. The molecule has 0 saturated carbocycles. The highest BCUT2D eigenvalue weighted by Gasteiger charge is 2.26. The smallest absolute Gasteiger partial charge is 0.338 e. The van der Waals surface area contributed by atoms with Gasteiger partial charge in [-0.15, -0.1) is 0 Å². The Bertz CT molecular complexity index is 561. The van der Waals surface area contributed by atoms with Crippen molar-refractivity contribution in [1.82, 2.24) is 4.31 Å². The Morgan fingerprint density at radius 2 is 1.85 bits per heavy atom. The Kier molecular flexibility index (Phi) is 4.74. The molecule has 1 heterocycles. The Morgan fingerprint density at radius 3 is 2.40 bits per heavy atom. The van der Waals surface area contributed by atoms with Crippen LogP contribution < -0.4 is 0 Å². The van der Waals surface area contributed by atoms with Crippen LogP contribution in [0.15, 0.2) is 29.2 Å². The maximum Gasteiger partial charge on any atom is 0.338 e. The number of sulfonamides is 1. The molecule has 6 nitrogen and oxygen atoms in total. The first-order chi connectivity index (χ1) is 9.55. The largest absolute Gasteiger partial charge is 0.462 e. The minimum absolute atomic E-state index is 0.174. The van der Waals surface area contributed by atoms with Crippen LogP contribution in [0.4, 0.5) is 0 Å². The number of rotatable bonds is 4. The maximum atomic E-state index is 12.3. The first kappa shape index (κ1) is 15.0. The summed E-state index contributed by atoms with van der Waals surface area (Å²) in [4.78, 5) is 11.7. The lowest BCUT2D eigenvalue weighted by Gasteiger charge is -2.26. The highest BCUT2D eigenvalue weighted by Crippen LogP contribution is 2.18. The molecule has 1 aromatic rings. The second kappa shape index (κ2) is 6.34. The molecule has 20 heavy (non-hydrogen) atoms. The van der Waals surface area contributed by atoms with Crippen molar-refractivity contribution in [2.75, 3.05) is 32.9 Å². The van der Waals surface area contributed by atoms with Crippen LogP contribution >= 0.6 is 0 Å². The zero-order valence-corrected chi connectivity index (χ0v) is 12.1. The molecule has 0 N–H and O–H groups in total. The van der Waals surface area contributed by atoms with E-state index in [1.165, 1.54) is 28.6 Å². The standard InChI is InChI=1S/C13H17NO5S/c1-2-19-13(15)11-3-5-12(6-4-11)20(16,17)14-7-9-18-10-8-14/h3-6H,2,7-10H2,1H3. The lowest BCUT2D eigenvalue weighted by Crippen LogP contribution is -2.40. The second-order valence-corrected chi connectivity index (χ2v) is 6.20. The number of carbonyl (C=O) groups excluding carboxylic acids is 1. The molecular formula is C13H17NO5S. The van der Waals surface area contributed by atoms with E-state index in [2.05, 4.69) is 0 Å². The fourth-order valence-electron chi connectivity index (χ4n) is 1.91. The van der Waals surface area contributed by atoms with E-state index in [1.807, 2.05) is 0 Å². The molecule has 110 valence electrons. The molecule has 0 unspecified atom stereocenters. The number of benzene rings is 1. The monoisotopic (exact) mass is 299 g/mol. The van der Waals surface area contributed by atoms with E-state index in [1.54, 1.807) is 6.92 Å². The van der Waals surface area contributed by atoms with Gasteiger partial charge in [0.25, 0.3) is 0 Å². The van der Waals surface area contributed by atoms with Gasteiger partial charge >= 0.3 is 5.97 Å². The topological polar surface area (TPSA) is 72.9 Å². The van der Waals surface area contributed by atoms with E-state index < -0.39 is 16.0 Å². The number of ether oxygens (including phenoxy) is 2. The number of morpholine rings is 1. The minimum atomic E-state index is -3.52. The van der Waals surface area contributed by atoms with Gasteiger partial charge in [-0.2, -0.15) is 4.31 Å². The van der Waals surface area contributed by atoms with Crippen molar-refractivity contribution < 1.29 is 22.7 Å². The van der Waals surface area contributed by atoms with Crippen molar-refractivity contribution >= 4 is 16.0 Å². The van der Waals surface area contributed by atoms with Crippen LogP contribution in [0.2, 0.25) is 0 Å². The van der Waals surface area contributed by atoms with Gasteiger partial charge in [-0.25, -0.2) is 13.2 Å². The lowest BCUT2D eigenvalue weighted by molar-refractivity contribution is 0.0526. The van der Waals surface area contributed by atoms with Crippen molar-refractivity contribution in [1.29, 1.82) is 0 Å². The third kappa shape index (κ3) is 3.17. The molecular weight excluding hydrogens is 282 g/mol. The summed E-state index contributed by atoms with van der Waals surface area (Å²) >= 11 is 0. The Morgan fingerprint density at radius 1 is 1.25 bits per heavy atom. The number of hydrogen-bond donors (Lipinski definition) is 0. The first-order valence-electron chi connectivity index (χ1n) is 6.41. The van der Waals surface area contributed by atoms with Crippen LogP contribution in [-0.2, 0) is 19.5 Å². The molecule has 1 aromatic carbocycles. The maximum absolute atomic E-state index is 12.3. The van der Waals surface area contributed by atoms with Crippen LogP contribution in [0.3, 0.4) is 0 Å². The Labute approximate surface area is 118 Å². The van der Waals surface area contributed by atoms with Crippen LogP contribution in [0.5, 0.6) is 0 Å². The van der Waals surface area contributed by atoms with E-state index in [9.17, 15) is 13.2 Å². The van der Waals surface area contributed by atoms with Crippen LogP contribution in [0, 0.1) is 0 Å². The summed E-state index contributed by atoms with van der Waals surface area (Å²) in [7, 11) is -3.52. The molecule has 0 atom stereocenters. The highest BCUT2D eigenvalue weighted by atomic mass is 32.2. The SMILES string of the molecule is CCOC(=O)c1ccc(S(=O)(=O)N2CCOCC2)cc1. The highest BCUT2D eigenvalue weighted by molar-refractivity contribution is 7.89. The summed E-state index contributed by atoms with van der Waals surface area (Å²) in [6.45, 7) is 3.51. The Balaban J connectivity index is 2.18. The van der Waals surface area contributed by atoms with Crippen molar-refractivity contribution in [2.45, 2.75) is 11.8 Å². The zero-order valence-electron chi connectivity index (χ0n) is 11.2. The van der Waals surface area contributed by atoms with Crippen molar-refractivity contribution in [2.24, 2.45) is 0 Å². The van der Waals surface area contributed by atoms with Gasteiger partial charge in [0, 0.05) is 13.1 Å². The number of nitrogens with zero attached hydrogens (tertiary/aromatic N) is 1. The molecule has 2 rings (SSSR count). The summed E-state index contributed by atoms with van der Waals surface area (Å²) in [5.41, 5.74) is 0.341. The van der Waals surface area contributed by atoms with Gasteiger partial charge in [0.15, 0.2) is 0 Å². The van der Waals surface area contributed by atoms with E-state index in [4.69, 9.17) is 9.47 Å². The lowest BCUT2D eigenvalue weighted by atomic mass is 10.2. The fraction of sp³-hybridized carbons (Fsp3) is 0.462.